The largest absolute Gasteiger partial charge is 0.293 e. The van der Waals surface area contributed by atoms with Crippen molar-refractivity contribution in [3.8, 4) is 0 Å². The van der Waals surface area contributed by atoms with Gasteiger partial charge in [0.2, 0.25) is 0 Å². The summed E-state index contributed by atoms with van der Waals surface area (Å²) in [4.78, 5) is 11.5. The number of carbonyl (C=O) groups excluding carboxylic acids is 1. The van der Waals surface area contributed by atoms with Crippen LogP contribution in [-0.4, -0.2) is 16.0 Å². The lowest BCUT2D eigenvalue weighted by atomic mass is 9.88. The standard InChI is InChI=1S/C8H12N2O/c1-8(2,3)7(11)6-4-9-10-5-6/h4-5H,1-3H3,(H,9,10). The Morgan fingerprint density at radius 1 is 1.55 bits per heavy atom. The summed E-state index contributed by atoms with van der Waals surface area (Å²) in [6, 6.07) is 0. The normalized spacial score (nSPS) is 11.5. The molecule has 0 unspecified atom stereocenters. The van der Waals surface area contributed by atoms with E-state index < -0.39 is 0 Å². The molecule has 3 nitrogen and oxygen atoms in total. The van der Waals surface area contributed by atoms with Gasteiger partial charge in [-0.05, 0) is 0 Å². The topological polar surface area (TPSA) is 45.8 Å². The molecule has 0 fully saturated rings. The molecule has 1 heterocycles. The molecule has 0 saturated heterocycles. The zero-order valence-electron chi connectivity index (χ0n) is 7.01. The lowest BCUT2D eigenvalue weighted by molar-refractivity contribution is 0.0858. The minimum Gasteiger partial charge on any atom is -0.293 e. The predicted molar refractivity (Wildman–Crippen MR) is 42.4 cm³/mol. The van der Waals surface area contributed by atoms with Crippen molar-refractivity contribution in [3.05, 3.63) is 18.0 Å². The van der Waals surface area contributed by atoms with Crippen LogP contribution in [0.2, 0.25) is 0 Å². The molecule has 0 aliphatic rings. The summed E-state index contributed by atoms with van der Waals surface area (Å²) in [6.45, 7) is 5.67. The molecule has 1 aromatic heterocycles. The van der Waals surface area contributed by atoms with Crippen LogP contribution in [0, 0.1) is 5.41 Å². The number of aromatic nitrogens is 2. The number of nitrogens with zero attached hydrogens (tertiary/aromatic N) is 1. The first-order chi connectivity index (χ1) is 5.02. The van der Waals surface area contributed by atoms with Gasteiger partial charge in [-0.1, -0.05) is 20.8 Å². The molecule has 0 amide bonds. The quantitative estimate of drug-likeness (QED) is 0.622. The van der Waals surface area contributed by atoms with E-state index in [0.717, 1.165) is 0 Å². The van der Waals surface area contributed by atoms with Gasteiger partial charge in [-0.3, -0.25) is 9.89 Å². The van der Waals surface area contributed by atoms with Crippen LogP contribution < -0.4 is 0 Å². The smallest absolute Gasteiger partial charge is 0.171 e. The van der Waals surface area contributed by atoms with Gasteiger partial charge in [0, 0.05) is 11.6 Å². The second-order valence-corrected chi connectivity index (χ2v) is 3.57. The average molecular weight is 152 g/mol. The van der Waals surface area contributed by atoms with Crippen molar-refractivity contribution < 1.29 is 4.79 Å². The van der Waals surface area contributed by atoms with E-state index in [1.165, 1.54) is 0 Å². The predicted octanol–water partition coefficient (Wildman–Crippen LogP) is 1.64. The molecular weight excluding hydrogens is 140 g/mol. The lowest BCUT2D eigenvalue weighted by Crippen LogP contribution is -2.19. The summed E-state index contributed by atoms with van der Waals surface area (Å²) >= 11 is 0. The monoisotopic (exact) mass is 152 g/mol. The van der Waals surface area contributed by atoms with Crippen molar-refractivity contribution in [1.29, 1.82) is 0 Å². The molecule has 11 heavy (non-hydrogen) atoms. The van der Waals surface area contributed by atoms with Crippen LogP contribution >= 0.6 is 0 Å². The zero-order chi connectivity index (χ0) is 8.48. The van der Waals surface area contributed by atoms with Gasteiger partial charge in [0.25, 0.3) is 0 Å². The third kappa shape index (κ3) is 1.67. The van der Waals surface area contributed by atoms with Crippen molar-refractivity contribution in [2.45, 2.75) is 20.8 Å². The third-order valence-corrected chi connectivity index (χ3v) is 1.44. The summed E-state index contributed by atoms with van der Waals surface area (Å²) < 4.78 is 0. The Balaban J connectivity index is 2.88. The Bertz CT molecular complexity index is 244. The van der Waals surface area contributed by atoms with Crippen molar-refractivity contribution in [1.82, 2.24) is 10.2 Å². The van der Waals surface area contributed by atoms with Crippen LogP contribution in [0.5, 0.6) is 0 Å². The molecular formula is C8H12N2O. The summed E-state index contributed by atoms with van der Waals surface area (Å²) in [5.74, 6) is 0.117. The molecule has 0 bridgehead atoms. The van der Waals surface area contributed by atoms with Crippen LogP contribution in [0.4, 0.5) is 0 Å². The maximum absolute atomic E-state index is 11.5. The van der Waals surface area contributed by atoms with E-state index in [0.29, 0.717) is 5.56 Å². The minimum atomic E-state index is -0.316. The fourth-order valence-corrected chi connectivity index (χ4v) is 0.808. The fourth-order valence-electron chi connectivity index (χ4n) is 0.808. The van der Waals surface area contributed by atoms with E-state index in [1.807, 2.05) is 20.8 Å². The Labute approximate surface area is 65.8 Å². The number of nitrogens with one attached hydrogen (secondary N) is 1. The fraction of sp³-hybridized carbons (Fsp3) is 0.500. The van der Waals surface area contributed by atoms with Crippen LogP contribution in [0.3, 0.4) is 0 Å². The molecule has 1 rings (SSSR count). The molecule has 1 N–H and O–H groups in total. The number of ketones is 1. The highest BCUT2D eigenvalue weighted by Crippen LogP contribution is 2.19. The molecule has 3 heteroatoms. The van der Waals surface area contributed by atoms with E-state index in [1.54, 1.807) is 12.4 Å². The van der Waals surface area contributed by atoms with Crippen molar-refractivity contribution in [2.24, 2.45) is 5.41 Å². The summed E-state index contributed by atoms with van der Waals surface area (Å²) in [6.07, 6.45) is 3.17. The van der Waals surface area contributed by atoms with Crippen LogP contribution in [0.25, 0.3) is 0 Å². The Hall–Kier alpha value is -1.12. The molecule has 0 atom stereocenters. The molecule has 0 spiro atoms. The number of carbonyl (C=O) groups is 1. The number of rotatable bonds is 1. The van der Waals surface area contributed by atoms with Gasteiger partial charge in [0.15, 0.2) is 5.78 Å². The van der Waals surface area contributed by atoms with Crippen molar-refractivity contribution >= 4 is 5.78 Å². The third-order valence-electron chi connectivity index (χ3n) is 1.44. The lowest BCUT2D eigenvalue weighted by Gasteiger charge is -2.14. The van der Waals surface area contributed by atoms with Gasteiger partial charge in [-0.2, -0.15) is 5.10 Å². The first-order valence-electron chi connectivity index (χ1n) is 3.55. The van der Waals surface area contributed by atoms with E-state index in [2.05, 4.69) is 10.2 Å². The Morgan fingerprint density at radius 3 is 2.55 bits per heavy atom. The molecule has 0 radical (unpaired) electrons. The van der Waals surface area contributed by atoms with E-state index in [9.17, 15) is 4.79 Å². The van der Waals surface area contributed by atoms with E-state index >= 15 is 0 Å². The second kappa shape index (κ2) is 2.49. The molecule has 0 aliphatic heterocycles. The van der Waals surface area contributed by atoms with Gasteiger partial charge in [-0.15, -0.1) is 0 Å². The van der Waals surface area contributed by atoms with Gasteiger partial charge in [0.1, 0.15) is 0 Å². The number of H-pyrrole nitrogens is 1. The highest BCUT2D eigenvalue weighted by atomic mass is 16.1. The summed E-state index contributed by atoms with van der Waals surface area (Å²) in [5.41, 5.74) is 0.335. The van der Waals surface area contributed by atoms with Crippen LogP contribution in [0.1, 0.15) is 31.1 Å². The molecule has 0 aliphatic carbocycles. The molecule has 60 valence electrons. The van der Waals surface area contributed by atoms with E-state index in [-0.39, 0.29) is 11.2 Å². The number of hydrogen-bond acceptors (Lipinski definition) is 2. The van der Waals surface area contributed by atoms with Gasteiger partial charge in [0.05, 0.1) is 11.8 Å². The summed E-state index contributed by atoms with van der Waals surface area (Å²) in [5, 5.41) is 6.32. The Morgan fingerprint density at radius 2 is 2.18 bits per heavy atom. The number of aromatic amines is 1. The molecule has 0 saturated carbocycles. The highest BCUT2D eigenvalue weighted by molar-refractivity contribution is 5.99. The molecule has 0 aromatic carbocycles. The van der Waals surface area contributed by atoms with Crippen molar-refractivity contribution in [3.63, 3.8) is 0 Å². The summed E-state index contributed by atoms with van der Waals surface area (Å²) in [7, 11) is 0. The SMILES string of the molecule is CC(C)(C)C(=O)c1cn[nH]c1. The average Bonchev–Trinajstić information content (AvgIpc) is 2.34. The zero-order valence-corrected chi connectivity index (χ0v) is 7.01. The van der Waals surface area contributed by atoms with Gasteiger partial charge in [-0.25, -0.2) is 0 Å². The number of hydrogen-bond donors (Lipinski definition) is 1. The first-order valence-corrected chi connectivity index (χ1v) is 3.55. The maximum Gasteiger partial charge on any atom is 0.171 e. The van der Waals surface area contributed by atoms with Crippen LogP contribution in [0.15, 0.2) is 12.4 Å². The maximum atomic E-state index is 11.5. The molecule has 1 aromatic rings. The first kappa shape index (κ1) is 7.98. The second-order valence-electron chi connectivity index (χ2n) is 3.57. The van der Waals surface area contributed by atoms with Gasteiger partial charge < -0.3 is 0 Å². The number of Topliss-reactive ketones (excluding diaryl/α,β-unsaturated/α-hetero) is 1. The van der Waals surface area contributed by atoms with E-state index in [4.69, 9.17) is 0 Å². The minimum absolute atomic E-state index is 0.117. The highest BCUT2D eigenvalue weighted by Gasteiger charge is 2.23. The Kier molecular flexibility index (Phi) is 1.81. The van der Waals surface area contributed by atoms with Crippen LogP contribution in [-0.2, 0) is 0 Å². The van der Waals surface area contributed by atoms with Gasteiger partial charge >= 0.3 is 0 Å². The van der Waals surface area contributed by atoms with Crippen molar-refractivity contribution in [2.75, 3.05) is 0 Å².